The quantitative estimate of drug-likeness (QED) is 0.502. The minimum Gasteiger partial charge on any atom is -0.240 e. The van der Waals surface area contributed by atoms with Crippen LogP contribution in [0.2, 0.25) is 5.15 Å². The number of hydrogen-bond donors (Lipinski definition) is 0. The van der Waals surface area contributed by atoms with Gasteiger partial charge in [-0.15, -0.1) is 0 Å². The van der Waals surface area contributed by atoms with Gasteiger partial charge in [0.25, 0.3) is 0 Å². The summed E-state index contributed by atoms with van der Waals surface area (Å²) in [6.45, 7) is 0. The molecule has 0 radical (unpaired) electrons. The van der Waals surface area contributed by atoms with Gasteiger partial charge in [0.2, 0.25) is 0 Å². The molecule has 0 fully saturated rings. The SMILES string of the molecule is Clc1nc(-c2cnn(-c3ccccc3)c2)ncc1I. The molecule has 3 aromatic rings. The van der Waals surface area contributed by atoms with Crippen LogP contribution in [0.3, 0.4) is 0 Å². The van der Waals surface area contributed by atoms with E-state index in [1.165, 1.54) is 0 Å². The van der Waals surface area contributed by atoms with Crippen LogP contribution in [-0.4, -0.2) is 19.7 Å². The molecule has 4 nitrogen and oxygen atoms in total. The molecule has 0 saturated carbocycles. The molecule has 0 bridgehead atoms. The van der Waals surface area contributed by atoms with E-state index in [0.29, 0.717) is 11.0 Å². The molecule has 0 aliphatic heterocycles. The van der Waals surface area contributed by atoms with E-state index in [1.54, 1.807) is 17.1 Å². The lowest BCUT2D eigenvalue weighted by Gasteiger charge is -2.00. The largest absolute Gasteiger partial charge is 0.240 e. The normalized spacial score (nSPS) is 10.6. The zero-order valence-electron chi connectivity index (χ0n) is 9.66. The van der Waals surface area contributed by atoms with Crippen LogP contribution < -0.4 is 0 Å². The molecule has 0 amide bonds. The maximum absolute atomic E-state index is 6.00. The Labute approximate surface area is 128 Å². The van der Waals surface area contributed by atoms with Gasteiger partial charge in [0, 0.05) is 12.4 Å². The van der Waals surface area contributed by atoms with E-state index in [2.05, 4.69) is 37.7 Å². The van der Waals surface area contributed by atoms with Crippen molar-refractivity contribution in [3.05, 3.63) is 57.6 Å². The van der Waals surface area contributed by atoms with E-state index >= 15 is 0 Å². The van der Waals surface area contributed by atoms with E-state index in [1.807, 2.05) is 36.5 Å². The summed E-state index contributed by atoms with van der Waals surface area (Å²) in [5.74, 6) is 0.576. The monoisotopic (exact) mass is 382 g/mol. The van der Waals surface area contributed by atoms with Crippen LogP contribution in [0.5, 0.6) is 0 Å². The van der Waals surface area contributed by atoms with Crippen LogP contribution in [0.15, 0.2) is 48.9 Å². The first-order chi connectivity index (χ1) is 9.24. The van der Waals surface area contributed by atoms with Crippen LogP contribution in [0, 0.1) is 3.57 Å². The van der Waals surface area contributed by atoms with Crippen LogP contribution in [-0.2, 0) is 0 Å². The third kappa shape index (κ3) is 2.62. The summed E-state index contributed by atoms with van der Waals surface area (Å²) < 4.78 is 2.61. The zero-order valence-corrected chi connectivity index (χ0v) is 12.6. The topological polar surface area (TPSA) is 43.6 Å². The number of para-hydroxylation sites is 1. The fourth-order valence-corrected chi connectivity index (χ4v) is 2.03. The number of aromatic nitrogens is 4. The number of halogens is 2. The molecule has 3 rings (SSSR count). The second-order valence-corrected chi connectivity index (χ2v) is 5.36. The highest BCUT2D eigenvalue weighted by molar-refractivity contribution is 14.1. The molecule has 19 heavy (non-hydrogen) atoms. The molecule has 2 aromatic heterocycles. The second-order valence-electron chi connectivity index (χ2n) is 3.84. The zero-order chi connectivity index (χ0) is 13.2. The van der Waals surface area contributed by atoms with E-state index in [0.717, 1.165) is 14.8 Å². The van der Waals surface area contributed by atoms with Gasteiger partial charge in [-0.1, -0.05) is 29.8 Å². The maximum Gasteiger partial charge on any atom is 0.164 e. The van der Waals surface area contributed by atoms with Crippen molar-refractivity contribution in [2.75, 3.05) is 0 Å². The fourth-order valence-electron chi connectivity index (χ4n) is 1.65. The smallest absolute Gasteiger partial charge is 0.164 e. The Kier molecular flexibility index (Phi) is 3.48. The molecule has 0 unspecified atom stereocenters. The first kappa shape index (κ1) is 12.6. The predicted octanol–water partition coefficient (Wildman–Crippen LogP) is 3.59. The molecular formula is C13H8ClIN4. The third-order valence-electron chi connectivity index (χ3n) is 2.56. The van der Waals surface area contributed by atoms with Gasteiger partial charge in [0.15, 0.2) is 5.82 Å². The summed E-state index contributed by atoms with van der Waals surface area (Å²) in [5.41, 5.74) is 1.83. The van der Waals surface area contributed by atoms with Gasteiger partial charge >= 0.3 is 0 Å². The molecule has 0 aliphatic carbocycles. The van der Waals surface area contributed by atoms with Crippen molar-refractivity contribution in [1.82, 2.24) is 19.7 Å². The Hall–Kier alpha value is -1.47. The van der Waals surface area contributed by atoms with Gasteiger partial charge in [0.05, 0.1) is 21.0 Å². The summed E-state index contributed by atoms with van der Waals surface area (Å²) in [7, 11) is 0. The van der Waals surface area contributed by atoms with Crippen molar-refractivity contribution < 1.29 is 0 Å². The van der Waals surface area contributed by atoms with Crippen LogP contribution in [0.1, 0.15) is 0 Å². The van der Waals surface area contributed by atoms with Crippen LogP contribution >= 0.6 is 34.2 Å². The summed E-state index contributed by atoms with van der Waals surface area (Å²) in [5, 5.41) is 4.76. The molecule has 0 aliphatic rings. The number of hydrogen-bond acceptors (Lipinski definition) is 3. The molecule has 0 saturated heterocycles. The Morgan fingerprint density at radius 3 is 2.63 bits per heavy atom. The van der Waals surface area contributed by atoms with Crippen molar-refractivity contribution in [1.29, 1.82) is 0 Å². The van der Waals surface area contributed by atoms with Gasteiger partial charge in [-0.2, -0.15) is 5.10 Å². The van der Waals surface area contributed by atoms with Crippen molar-refractivity contribution in [2.24, 2.45) is 0 Å². The second kappa shape index (κ2) is 5.26. The lowest BCUT2D eigenvalue weighted by molar-refractivity contribution is 0.880. The first-order valence-electron chi connectivity index (χ1n) is 5.52. The van der Waals surface area contributed by atoms with Gasteiger partial charge in [-0.25, -0.2) is 14.6 Å². The molecule has 0 atom stereocenters. The van der Waals surface area contributed by atoms with E-state index < -0.39 is 0 Å². The van der Waals surface area contributed by atoms with Crippen molar-refractivity contribution in [2.45, 2.75) is 0 Å². The molecule has 0 N–H and O–H groups in total. The standard InChI is InChI=1S/C13H8ClIN4/c14-12-11(15)7-16-13(18-12)9-6-17-19(8-9)10-4-2-1-3-5-10/h1-8H. The minimum atomic E-state index is 0.457. The molecular weight excluding hydrogens is 375 g/mol. The van der Waals surface area contributed by atoms with Gasteiger partial charge < -0.3 is 0 Å². The third-order valence-corrected chi connectivity index (χ3v) is 3.96. The highest BCUT2D eigenvalue weighted by Gasteiger charge is 2.08. The molecule has 94 valence electrons. The van der Waals surface area contributed by atoms with Crippen molar-refractivity contribution in [3.63, 3.8) is 0 Å². The Morgan fingerprint density at radius 1 is 1.11 bits per heavy atom. The fraction of sp³-hybridized carbons (Fsp3) is 0. The Balaban J connectivity index is 1.99. The van der Waals surface area contributed by atoms with Crippen LogP contribution in [0.25, 0.3) is 17.1 Å². The molecule has 6 heteroatoms. The summed E-state index contributed by atoms with van der Waals surface area (Å²) in [4.78, 5) is 8.50. The predicted molar refractivity (Wildman–Crippen MR) is 82.3 cm³/mol. The summed E-state index contributed by atoms with van der Waals surface area (Å²) in [6, 6.07) is 9.87. The summed E-state index contributed by atoms with van der Waals surface area (Å²) >= 11 is 8.10. The number of benzene rings is 1. The van der Waals surface area contributed by atoms with Crippen molar-refractivity contribution in [3.8, 4) is 17.1 Å². The Bertz CT molecular complexity index is 712. The van der Waals surface area contributed by atoms with Gasteiger partial charge in [-0.3, -0.25) is 0 Å². The lowest BCUT2D eigenvalue weighted by atomic mass is 10.3. The average molecular weight is 383 g/mol. The van der Waals surface area contributed by atoms with Gasteiger partial charge in [-0.05, 0) is 34.7 Å². The highest BCUT2D eigenvalue weighted by atomic mass is 127. The maximum atomic E-state index is 6.00. The molecule has 1 aromatic carbocycles. The van der Waals surface area contributed by atoms with E-state index in [-0.39, 0.29) is 0 Å². The molecule has 0 spiro atoms. The van der Waals surface area contributed by atoms with Gasteiger partial charge in [0.1, 0.15) is 5.15 Å². The Morgan fingerprint density at radius 2 is 1.89 bits per heavy atom. The number of rotatable bonds is 2. The van der Waals surface area contributed by atoms with E-state index in [4.69, 9.17) is 11.6 Å². The van der Waals surface area contributed by atoms with Crippen LogP contribution in [0.4, 0.5) is 0 Å². The first-order valence-corrected chi connectivity index (χ1v) is 6.98. The molecule has 2 heterocycles. The van der Waals surface area contributed by atoms with E-state index in [9.17, 15) is 0 Å². The summed E-state index contributed by atoms with van der Waals surface area (Å²) in [6.07, 6.45) is 5.31. The number of nitrogens with zero attached hydrogens (tertiary/aromatic N) is 4. The minimum absolute atomic E-state index is 0.457. The lowest BCUT2D eigenvalue weighted by Crippen LogP contribution is -1.93. The average Bonchev–Trinajstić information content (AvgIpc) is 2.93. The van der Waals surface area contributed by atoms with Crippen molar-refractivity contribution >= 4 is 34.2 Å². The highest BCUT2D eigenvalue weighted by Crippen LogP contribution is 2.20.